The van der Waals surface area contributed by atoms with Crippen molar-refractivity contribution >= 4 is 11.6 Å². The van der Waals surface area contributed by atoms with Crippen LogP contribution in [0.5, 0.6) is 5.75 Å². The SMILES string of the molecule is N#CCC1(COc2ccc(CCl)nc2)CC1. The highest BCUT2D eigenvalue weighted by molar-refractivity contribution is 6.16. The smallest absolute Gasteiger partial charge is 0.137 e. The summed E-state index contributed by atoms with van der Waals surface area (Å²) in [7, 11) is 0. The molecule has 0 spiro atoms. The molecule has 0 N–H and O–H groups in total. The summed E-state index contributed by atoms with van der Waals surface area (Å²) in [5.74, 6) is 1.16. The monoisotopic (exact) mass is 236 g/mol. The van der Waals surface area contributed by atoms with Crippen molar-refractivity contribution in [2.45, 2.75) is 25.1 Å². The molecule has 16 heavy (non-hydrogen) atoms. The second-order valence-electron chi connectivity index (χ2n) is 4.24. The molecule has 0 aromatic carbocycles. The molecular formula is C12H13ClN2O. The van der Waals surface area contributed by atoms with Gasteiger partial charge in [0.2, 0.25) is 0 Å². The zero-order chi connectivity index (χ0) is 11.4. The maximum absolute atomic E-state index is 8.67. The fourth-order valence-electron chi connectivity index (χ4n) is 1.53. The van der Waals surface area contributed by atoms with Crippen LogP contribution in [0.3, 0.4) is 0 Å². The van der Waals surface area contributed by atoms with Crippen molar-refractivity contribution in [1.82, 2.24) is 4.98 Å². The van der Waals surface area contributed by atoms with Gasteiger partial charge in [0.1, 0.15) is 5.75 Å². The Labute approximate surface area is 100 Å². The summed E-state index contributed by atoms with van der Waals surface area (Å²) < 4.78 is 5.63. The highest BCUT2D eigenvalue weighted by Gasteiger charge is 2.43. The summed E-state index contributed by atoms with van der Waals surface area (Å²) in [5, 5.41) is 8.67. The number of halogens is 1. The van der Waals surface area contributed by atoms with E-state index >= 15 is 0 Å². The lowest BCUT2D eigenvalue weighted by Gasteiger charge is -2.12. The zero-order valence-electron chi connectivity index (χ0n) is 8.95. The molecule has 1 saturated carbocycles. The van der Waals surface area contributed by atoms with Crippen LogP contribution >= 0.6 is 11.6 Å². The average molecular weight is 237 g/mol. The van der Waals surface area contributed by atoms with Gasteiger partial charge in [-0.1, -0.05) is 0 Å². The molecule has 2 rings (SSSR count). The van der Waals surface area contributed by atoms with Gasteiger partial charge in [-0.15, -0.1) is 11.6 Å². The van der Waals surface area contributed by atoms with E-state index < -0.39 is 0 Å². The van der Waals surface area contributed by atoms with Crippen LogP contribution in [0.25, 0.3) is 0 Å². The van der Waals surface area contributed by atoms with Crippen LogP contribution in [0, 0.1) is 16.7 Å². The predicted molar refractivity (Wildman–Crippen MR) is 61.2 cm³/mol. The Morgan fingerprint density at radius 1 is 1.50 bits per heavy atom. The molecule has 0 bridgehead atoms. The largest absolute Gasteiger partial charge is 0.491 e. The fourth-order valence-corrected chi connectivity index (χ4v) is 1.69. The van der Waals surface area contributed by atoms with Crippen molar-refractivity contribution in [1.29, 1.82) is 5.26 Å². The molecule has 0 unspecified atom stereocenters. The molecule has 0 aliphatic heterocycles. The number of alkyl halides is 1. The molecule has 0 radical (unpaired) electrons. The molecule has 1 fully saturated rings. The molecule has 1 heterocycles. The van der Waals surface area contributed by atoms with Crippen LogP contribution in [-0.4, -0.2) is 11.6 Å². The first kappa shape index (κ1) is 11.2. The van der Waals surface area contributed by atoms with E-state index in [-0.39, 0.29) is 5.41 Å². The number of aromatic nitrogens is 1. The lowest BCUT2D eigenvalue weighted by Crippen LogP contribution is -2.12. The van der Waals surface area contributed by atoms with Crippen LogP contribution < -0.4 is 4.74 Å². The second kappa shape index (κ2) is 4.71. The van der Waals surface area contributed by atoms with Crippen molar-refractivity contribution in [2.75, 3.05) is 6.61 Å². The quantitative estimate of drug-likeness (QED) is 0.739. The summed E-state index contributed by atoms with van der Waals surface area (Å²) in [4.78, 5) is 4.14. The van der Waals surface area contributed by atoms with Crippen LogP contribution in [0.4, 0.5) is 0 Å². The van der Waals surface area contributed by atoms with E-state index in [1.54, 1.807) is 6.20 Å². The van der Waals surface area contributed by atoms with Crippen molar-refractivity contribution in [3.05, 3.63) is 24.0 Å². The van der Waals surface area contributed by atoms with E-state index in [0.29, 0.717) is 18.9 Å². The van der Waals surface area contributed by atoms with Crippen molar-refractivity contribution < 1.29 is 4.74 Å². The van der Waals surface area contributed by atoms with Gasteiger partial charge in [-0.05, 0) is 25.0 Å². The van der Waals surface area contributed by atoms with Crippen LogP contribution in [0.1, 0.15) is 25.0 Å². The third-order valence-corrected chi connectivity index (χ3v) is 3.16. The zero-order valence-corrected chi connectivity index (χ0v) is 9.70. The van der Waals surface area contributed by atoms with E-state index in [0.717, 1.165) is 24.3 Å². The second-order valence-corrected chi connectivity index (χ2v) is 4.51. The Morgan fingerprint density at radius 3 is 2.81 bits per heavy atom. The Kier molecular flexibility index (Phi) is 3.31. The van der Waals surface area contributed by atoms with Crippen molar-refractivity contribution in [2.24, 2.45) is 5.41 Å². The summed E-state index contributed by atoms with van der Waals surface area (Å²) >= 11 is 5.64. The molecule has 3 nitrogen and oxygen atoms in total. The van der Waals surface area contributed by atoms with Gasteiger partial charge in [-0.3, -0.25) is 4.98 Å². The summed E-state index contributed by atoms with van der Waals surface area (Å²) in [6.45, 7) is 0.614. The minimum atomic E-state index is 0.111. The fraction of sp³-hybridized carbons (Fsp3) is 0.500. The number of hydrogen-bond donors (Lipinski definition) is 0. The highest BCUT2D eigenvalue weighted by atomic mass is 35.5. The lowest BCUT2D eigenvalue weighted by atomic mass is 10.1. The average Bonchev–Trinajstić information content (AvgIpc) is 3.08. The minimum absolute atomic E-state index is 0.111. The third-order valence-electron chi connectivity index (χ3n) is 2.89. The molecule has 1 aliphatic carbocycles. The Balaban J connectivity index is 1.88. The Bertz CT molecular complexity index is 392. The number of rotatable bonds is 5. The van der Waals surface area contributed by atoms with Gasteiger partial charge in [0.15, 0.2) is 0 Å². The predicted octanol–water partition coefficient (Wildman–Crippen LogP) is 2.89. The molecule has 0 atom stereocenters. The van der Waals surface area contributed by atoms with Crippen molar-refractivity contribution in [3.8, 4) is 11.8 Å². The number of nitrogens with zero attached hydrogens (tertiary/aromatic N) is 2. The van der Waals surface area contributed by atoms with Crippen LogP contribution in [0.2, 0.25) is 0 Å². The number of nitriles is 1. The molecule has 1 aliphatic rings. The molecule has 84 valence electrons. The molecule has 1 aromatic rings. The summed E-state index contributed by atoms with van der Waals surface area (Å²) in [6.07, 6.45) is 4.45. The Hall–Kier alpha value is -1.27. The minimum Gasteiger partial charge on any atom is -0.491 e. The van der Waals surface area contributed by atoms with Crippen molar-refractivity contribution in [3.63, 3.8) is 0 Å². The number of pyridine rings is 1. The van der Waals surface area contributed by atoms with E-state index in [1.807, 2.05) is 12.1 Å². The first-order valence-corrected chi connectivity index (χ1v) is 5.82. The highest BCUT2D eigenvalue weighted by Crippen LogP contribution is 2.48. The first-order chi connectivity index (χ1) is 7.78. The maximum Gasteiger partial charge on any atom is 0.137 e. The van der Waals surface area contributed by atoms with E-state index in [1.165, 1.54) is 0 Å². The number of ether oxygens (including phenoxy) is 1. The molecular weight excluding hydrogens is 224 g/mol. The van der Waals surface area contributed by atoms with Crippen LogP contribution in [0.15, 0.2) is 18.3 Å². The van der Waals surface area contributed by atoms with Crippen LogP contribution in [-0.2, 0) is 5.88 Å². The topological polar surface area (TPSA) is 45.9 Å². The van der Waals surface area contributed by atoms with Gasteiger partial charge in [0.25, 0.3) is 0 Å². The molecule has 0 saturated heterocycles. The number of hydrogen-bond acceptors (Lipinski definition) is 3. The maximum atomic E-state index is 8.67. The summed E-state index contributed by atoms with van der Waals surface area (Å²) in [5.41, 5.74) is 0.951. The molecule has 1 aromatic heterocycles. The van der Waals surface area contributed by atoms with E-state index in [9.17, 15) is 0 Å². The van der Waals surface area contributed by atoms with Gasteiger partial charge in [0.05, 0.1) is 30.4 Å². The van der Waals surface area contributed by atoms with Gasteiger partial charge in [0, 0.05) is 11.8 Å². The van der Waals surface area contributed by atoms with Gasteiger partial charge >= 0.3 is 0 Å². The Morgan fingerprint density at radius 2 is 2.31 bits per heavy atom. The van der Waals surface area contributed by atoms with Gasteiger partial charge < -0.3 is 4.74 Å². The summed E-state index contributed by atoms with van der Waals surface area (Å²) in [6, 6.07) is 5.93. The van der Waals surface area contributed by atoms with E-state index in [2.05, 4.69) is 11.1 Å². The van der Waals surface area contributed by atoms with E-state index in [4.69, 9.17) is 21.6 Å². The van der Waals surface area contributed by atoms with Gasteiger partial charge in [-0.25, -0.2) is 0 Å². The van der Waals surface area contributed by atoms with Gasteiger partial charge in [-0.2, -0.15) is 5.26 Å². The lowest BCUT2D eigenvalue weighted by molar-refractivity contribution is 0.236. The molecule has 0 amide bonds. The molecule has 4 heteroatoms. The first-order valence-electron chi connectivity index (χ1n) is 5.29. The standard InChI is InChI=1S/C12H13ClN2O/c13-7-10-1-2-11(8-15-10)16-9-12(3-4-12)5-6-14/h1-2,8H,3-5,7,9H2. The third kappa shape index (κ3) is 2.65. The normalized spacial score (nSPS) is 16.5.